The average molecular weight is 650 g/mol. The van der Waals surface area contributed by atoms with Gasteiger partial charge >= 0.3 is 11.9 Å². The van der Waals surface area contributed by atoms with Crippen molar-refractivity contribution >= 4 is 23.0 Å². The summed E-state index contributed by atoms with van der Waals surface area (Å²) in [6, 6.07) is 12.0. The highest BCUT2D eigenvalue weighted by Gasteiger charge is 2.32. The number of phenols is 1. The van der Waals surface area contributed by atoms with E-state index in [4.69, 9.17) is 30.6 Å². The Balaban J connectivity index is 0.000000835. The number of nitrogens with zero attached hydrogens (tertiary/aromatic N) is 3. The minimum atomic E-state index is -1.39. The number of hydrogen-bond acceptors (Lipinski definition) is 9. The highest BCUT2D eigenvalue weighted by molar-refractivity contribution is 5.75. The number of hydrogen-bond donors (Lipinski definition) is 7. The van der Waals surface area contributed by atoms with Crippen LogP contribution in [0.1, 0.15) is 93.2 Å². The number of aliphatic hydroxyl groups excluding tert-OH is 4. The van der Waals surface area contributed by atoms with Crippen molar-refractivity contribution in [3.63, 3.8) is 0 Å². The van der Waals surface area contributed by atoms with Gasteiger partial charge in [-0.1, -0.05) is 73.6 Å². The van der Waals surface area contributed by atoms with Crippen molar-refractivity contribution in [1.82, 2.24) is 15.0 Å². The number of carboxylic acid groups (broad SMARTS) is 2. The van der Waals surface area contributed by atoms with E-state index in [2.05, 4.69) is 57.8 Å². The van der Waals surface area contributed by atoms with Crippen LogP contribution in [0.2, 0.25) is 0 Å². The summed E-state index contributed by atoms with van der Waals surface area (Å²) in [4.78, 5) is 21.9. The number of phenolic OH excluding ortho intramolecular Hbond substituents is 1. The first-order chi connectivity index (χ1) is 21.3. The number of carbonyl (C=O) groups is 2. The maximum atomic E-state index is 11.1. The molecule has 0 radical (unpaired) electrons. The summed E-state index contributed by atoms with van der Waals surface area (Å²) in [5.41, 5.74) is 1.54. The molecule has 0 bridgehead atoms. The Morgan fingerprint density at radius 1 is 0.696 bits per heavy atom. The molecular weight excluding hydrogens is 594 g/mol. The average Bonchev–Trinajstić information content (AvgIpc) is 3.49. The van der Waals surface area contributed by atoms with Crippen LogP contribution in [0, 0.1) is 10.8 Å². The summed E-state index contributed by atoms with van der Waals surface area (Å²) in [6.07, 6.45) is 1.95. The Bertz CT molecular complexity index is 1330. The molecule has 46 heavy (non-hydrogen) atoms. The van der Waals surface area contributed by atoms with Gasteiger partial charge in [-0.3, -0.25) is 9.59 Å². The molecule has 3 rings (SSSR count). The van der Waals surface area contributed by atoms with Crippen LogP contribution in [0.4, 0.5) is 0 Å². The lowest BCUT2D eigenvalue weighted by Gasteiger charge is -2.30. The number of aromatic hydroxyl groups is 1. The van der Waals surface area contributed by atoms with Gasteiger partial charge in [0.15, 0.2) is 0 Å². The second-order valence-electron chi connectivity index (χ2n) is 12.7. The van der Waals surface area contributed by atoms with Crippen LogP contribution < -0.4 is 0 Å². The second kappa shape index (κ2) is 17.9. The summed E-state index contributed by atoms with van der Waals surface area (Å²) >= 11 is 0. The van der Waals surface area contributed by atoms with E-state index in [0.717, 1.165) is 29.4 Å². The maximum Gasteiger partial charge on any atom is 0.314 e. The Kier molecular flexibility index (Phi) is 16.5. The third kappa shape index (κ3) is 10.5. The van der Waals surface area contributed by atoms with Gasteiger partial charge in [-0.2, -0.15) is 0 Å². The molecule has 0 amide bonds. The van der Waals surface area contributed by atoms with Crippen LogP contribution in [-0.4, -0.2) is 89.1 Å². The molecule has 260 valence electrons. The van der Waals surface area contributed by atoms with Crippen molar-refractivity contribution in [2.75, 3.05) is 26.4 Å². The fourth-order valence-corrected chi connectivity index (χ4v) is 3.41. The fourth-order valence-electron chi connectivity index (χ4n) is 3.41. The number of benzene rings is 2. The molecule has 2 aromatic carbocycles. The van der Waals surface area contributed by atoms with Gasteiger partial charge in [0.1, 0.15) is 33.3 Å². The van der Waals surface area contributed by atoms with E-state index in [0.29, 0.717) is 5.69 Å². The topological polar surface area (TPSA) is 206 Å². The lowest BCUT2D eigenvalue weighted by molar-refractivity contribution is -0.154. The molecule has 0 saturated heterocycles. The predicted molar refractivity (Wildman–Crippen MR) is 178 cm³/mol. The first kappa shape index (κ1) is 42.4. The van der Waals surface area contributed by atoms with Gasteiger partial charge in [-0.25, -0.2) is 0 Å². The van der Waals surface area contributed by atoms with Gasteiger partial charge in [-0.15, -0.1) is 15.0 Å². The molecule has 0 spiro atoms. The summed E-state index contributed by atoms with van der Waals surface area (Å²) in [6.45, 7) is 17.5. The van der Waals surface area contributed by atoms with Crippen LogP contribution in [0.25, 0.3) is 16.7 Å². The molecule has 12 nitrogen and oxygen atoms in total. The Hall–Kier alpha value is -3.58. The lowest BCUT2D eigenvalue weighted by Crippen LogP contribution is -2.35. The van der Waals surface area contributed by atoms with E-state index < -0.39 is 49.2 Å². The molecule has 0 aliphatic rings. The Labute approximate surface area is 272 Å². The summed E-state index contributed by atoms with van der Waals surface area (Å²) < 4.78 is 0. The molecule has 7 N–H and O–H groups in total. The molecule has 0 unspecified atom stereocenters. The number of aromatic nitrogens is 3. The third-order valence-electron chi connectivity index (χ3n) is 8.30. The zero-order valence-electron chi connectivity index (χ0n) is 29.0. The molecule has 1 aromatic heterocycles. The van der Waals surface area contributed by atoms with Crippen molar-refractivity contribution in [3.05, 3.63) is 47.5 Å². The van der Waals surface area contributed by atoms with Crippen molar-refractivity contribution in [2.45, 2.75) is 92.9 Å². The third-order valence-corrected chi connectivity index (χ3v) is 8.30. The second-order valence-corrected chi connectivity index (χ2v) is 12.7. The van der Waals surface area contributed by atoms with E-state index in [1.54, 1.807) is 4.80 Å². The number of fused-ring (bicyclic) bond motifs is 1. The lowest BCUT2D eigenvalue weighted by atomic mass is 9.76. The molecule has 1 heterocycles. The molecule has 0 fully saturated rings. The molecule has 12 heteroatoms. The van der Waals surface area contributed by atoms with Gasteiger partial charge < -0.3 is 35.7 Å². The first-order valence-electron chi connectivity index (χ1n) is 15.4. The summed E-state index contributed by atoms with van der Waals surface area (Å²) in [5, 5.41) is 70.6. The van der Waals surface area contributed by atoms with Crippen LogP contribution in [0.5, 0.6) is 5.75 Å². The van der Waals surface area contributed by atoms with Gasteiger partial charge in [0, 0.05) is 5.56 Å². The van der Waals surface area contributed by atoms with Crippen molar-refractivity contribution < 1.29 is 45.3 Å². The van der Waals surface area contributed by atoms with Gasteiger partial charge in [-0.05, 0) is 61.3 Å². The van der Waals surface area contributed by atoms with Crippen LogP contribution >= 0.6 is 0 Å². The first-order valence-corrected chi connectivity index (χ1v) is 15.4. The SMILES string of the molecule is CC.CC(CO)(CO)C(=O)O.CC(CO)(CO)C(=O)O.CCC(C)(C)c1cc(-n2nc3ccccc3n2)c(O)c(C(C)(C)CC)c1. The predicted octanol–water partition coefficient (Wildman–Crippen LogP) is 4.65. The molecule has 0 saturated carbocycles. The Morgan fingerprint density at radius 2 is 1.07 bits per heavy atom. The highest BCUT2D eigenvalue weighted by atomic mass is 16.4. The van der Waals surface area contributed by atoms with Crippen molar-refractivity contribution in [3.8, 4) is 11.4 Å². The minimum Gasteiger partial charge on any atom is -0.505 e. The van der Waals surface area contributed by atoms with Crippen LogP contribution in [0.3, 0.4) is 0 Å². The highest BCUT2D eigenvalue weighted by Crippen LogP contribution is 2.41. The smallest absolute Gasteiger partial charge is 0.314 e. The standard InChI is InChI=1S/C22H29N3O.2C5H10O4.C2H6/c1-7-21(3,4)15-13-16(22(5,6)8-2)20(26)19(14-15)25-23-17-11-9-10-12-18(17)24-25;2*1-5(2-6,3-7)4(8)9;1-2/h9-14,26H,7-8H2,1-6H3;2*6-7H,2-3H2,1H3,(H,8,9);1-2H3. The quantitative estimate of drug-likeness (QED) is 0.152. The van der Waals surface area contributed by atoms with E-state index in [1.165, 1.54) is 19.4 Å². The van der Waals surface area contributed by atoms with Crippen LogP contribution in [-0.2, 0) is 20.4 Å². The van der Waals surface area contributed by atoms with E-state index in [1.807, 2.05) is 44.2 Å². The molecule has 3 aromatic rings. The molecule has 0 aliphatic heterocycles. The minimum absolute atomic E-state index is 0.00754. The maximum absolute atomic E-state index is 11.1. The molecule has 0 atom stereocenters. The van der Waals surface area contributed by atoms with E-state index >= 15 is 0 Å². The fraction of sp³-hybridized carbons (Fsp3) is 0.588. The summed E-state index contributed by atoms with van der Waals surface area (Å²) in [5.74, 6) is -2.10. The number of carboxylic acids is 2. The van der Waals surface area contributed by atoms with Gasteiger partial charge in [0.05, 0.1) is 26.4 Å². The van der Waals surface area contributed by atoms with E-state index in [-0.39, 0.29) is 16.6 Å². The van der Waals surface area contributed by atoms with Gasteiger partial charge in [0.25, 0.3) is 0 Å². The van der Waals surface area contributed by atoms with Crippen LogP contribution in [0.15, 0.2) is 36.4 Å². The zero-order chi connectivity index (χ0) is 36.1. The van der Waals surface area contributed by atoms with E-state index in [9.17, 15) is 14.7 Å². The van der Waals surface area contributed by atoms with Crippen molar-refractivity contribution in [2.24, 2.45) is 10.8 Å². The molecule has 0 aliphatic carbocycles. The number of rotatable bonds is 11. The van der Waals surface area contributed by atoms with Crippen molar-refractivity contribution in [1.29, 1.82) is 0 Å². The number of aliphatic hydroxyl groups is 4. The monoisotopic (exact) mass is 649 g/mol. The zero-order valence-corrected chi connectivity index (χ0v) is 29.0. The number of aliphatic carboxylic acids is 2. The summed E-state index contributed by atoms with van der Waals surface area (Å²) in [7, 11) is 0. The van der Waals surface area contributed by atoms with Gasteiger partial charge in [0.2, 0.25) is 0 Å². The largest absolute Gasteiger partial charge is 0.505 e. The Morgan fingerprint density at radius 3 is 1.35 bits per heavy atom. The normalized spacial score (nSPS) is 11.8. The molecular formula is C34H55N3O9.